The van der Waals surface area contributed by atoms with Gasteiger partial charge in [0.05, 0.1) is 0 Å². The highest BCUT2D eigenvalue weighted by Gasteiger charge is 2.12. The molecule has 0 bridgehead atoms. The van der Waals surface area contributed by atoms with E-state index in [2.05, 4.69) is 66.7 Å². The minimum absolute atomic E-state index is 0.0632. The zero-order valence-electron chi connectivity index (χ0n) is 14.2. The second-order valence-corrected chi connectivity index (χ2v) is 7.70. The molecule has 0 radical (unpaired) electrons. The lowest BCUT2D eigenvalue weighted by molar-refractivity contribution is 0.535. The van der Waals surface area contributed by atoms with E-state index in [1.165, 1.54) is 24.1 Å². The molecule has 2 N–H and O–H groups in total. The SMILES string of the molecule is CC(C)CCN(CCC(C)C)c1ccc([C@@H](C)N)c(Br)c1. The van der Waals surface area contributed by atoms with Crippen LogP contribution in [0.4, 0.5) is 5.69 Å². The first-order valence-electron chi connectivity index (χ1n) is 8.11. The van der Waals surface area contributed by atoms with Crippen LogP contribution in [-0.2, 0) is 0 Å². The van der Waals surface area contributed by atoms with E-state index in [0.29, 0.717) is 0 Å². The molecule has 1 aromatic carbocycles. The van der Waals surface area contributed by atoms with E-state index >= 15 is 0 Å². The molecule has 1 atom stereocenters. The van der Waals surface area contributed by atoms with Gasteiger partial charge in [-0.15, -0.1) is 0 Å². The molecule has 1 aromatic rings. The molecule has 0 amide bonds. The third-order valence-corrected chi connectivity index (χ3v) is 4.48. The Labute approximate surface area is 139 Å². The van der Waals surface area contributed by atoms with Crippen LogP contribution >= 0.6 is 15.9 Å². The summed E-state index contributed by atoms with van der Waals surface area (Å²) in [5.41, 5.74) is 8.47. The maximum Gasteiger partial charge on any atom is 0.0377 e. The van der Waals surface area contributed by atoms with Gasteiger partial charge in [0.15, 0.2) is 0 Å². The van der Waals surface area contributed by atoms with E-state index in [-0.39, 0.29) is 6.04 Å². The van der Waals surface area contributed by atoms with Crippen LogP contribution in [0, 0.1) is 11.8 Å². The van der Waals surface area contributed by atoms with Gasteiger partial charge in [-0.25, -0.2) is 0 Å². The third kappa shape index (κ3) is 6.39. The standard InChI is InChI=1S/C18H31BrN2/c1-13(2)8-10-21(11-9-14(3)4)16-6-7-17(15(5)20)18(19)12-16/h6-7,12-15H,8-11,20H2,1-5H3/t15-/m1/s1. The molecule has 0 saturated carbocycles. The van der Waals surface area contributed by atoms with E-state index in [1.807, 2.05) is 6.92 Å². The van der Waals surface area contributed by atoms with Gasteiger partial charge in [-0.1, -0.05) is 49.7 Å². The molecule has 0 fully saturated rings. The molecule has 0 aliphatic rings. The lowest BCUT2D eigenvalue weighted by atomic mass is 10.1. The molecular weight excluding hydrogens is 324 g/mol. The van der Waals surface area contributed by atoms with Crippen LogP contribution in [0.3, 0.4) is 0 Å². The normalized spacial score (nSPS) is 13.0. The molecule has 0 spiro atoms. The van der Waals surface area contributed by atoms with Gasteiger partial charge in [-0.3, -0.25) is 0 Å². The van der Waals surface area contributed by atoms with E-state index in [1.54, 1.807) is 0 Å². The maximum absolute atomic E-state index is 5.99. The number of anilines is 1. The van der Waals surface area contributed by atoms with Crippen molar-refractivity contribution in [3.8, 4) is 0 Å². The summed E-state index contributed by atoms with van der Waals surface area (Å²) in [5, 5.41) is 0. The Morgan fingerprint density at radius 1 is 1.00 bits per heavy atom. The Morgan fingerprint density at radius 3 is 1.90 bits per heavy atom. The number of hydrogen-bond donors (Lipinski definition) is 1. The number of nitrogens with two attached hydrogens (primary N) is 1. The number of halogens is 1. The largest absolute Gasteiger partial charge is 0.371 e. The lowest BCUT2D eigenvalue weighted by Crippen LogP contribution is -2.27. The molecule has 0 aliphatic heterocycles. The minimum Gasteiger partial charge on any atom is -0.371 e. The Kier molecular flexibility index (Phi) is 7.75. The zero-order chi connectivity index (χ0) is 16.0. The third-order valence-electron chi connectivity index (χ3n) is 3.79. The smallest absolute Gasteiger partial charge is 0.0377 e. The molecular formula is C18H31BrN2. The Morgan fingerprint density at radius 2 is 1.52 bits per heavy atom. The lowest BCUT2D eigenvalue weighted by Gasteiger charge is -2.27. The second kappa shape index (κ2) is 8.79. The Bertz CT molecular complexity index is 415. The fourth-order valence-corrected chi connectivity index (χ4v) is 3.01. The molecule has 2 nitrogen and oxygen atoms in total. The Balaban J connectivity index is 2.88. The van der Waals surface area contributed by atoms with Crippen LogP contribution in [0.15, 0.2) is 22.7 Å². The van der Waals surface area contributed by atoms with Gasteiger partial charge in [-0.2, -0.15) is 0 Å². The van der Waals surface area contributed by atoms with E-state index in [9.17, 15) is 0 Å². The summed E-state index contributed by atoms with van der Waals surface area (Å²) >= 11 is 3.67. The van der Waals surface area contributed by atoms with Crippen LogP contribution in [0.5, 0.6) is 0 Å². The van der Waals surface area contributed by atoms with Gasteiger partial charge in [0.1, 0.15) is 0 Å². The Hall–Kier alpha value is -0.540. The molecule has 3 heteroatoms. The van der Waals surface area contributed by atoms with E-state index < -0.39 is 0 Å². The van der Waals surface area contributed by atoms with Crippen molar-refractivity contribution in [2.24, 2.45) is 17.6 Å². The average Bonchev–Trinajstić information content (AvgIpc) is 2.37. The molecule has 1 rings (SSSR count). The van der Waals surface area contributed by atoms with Crippen molar-refractivity contribution in [1.29, 1.82) is 0 Å². The molecule has 0 unspecified atom stereocenters. The van der Waals surface area contributed by atoms with Crippen LogP contribution in [-0.4, -0.2) is 13.1 Å². The van der Waals surface area contributed by atoms with Crippen molar-refractivity contribution in [3.63, 3.8) is 0 Å². The predicted molar refractivity (Wildman–Crippen MR) is 97.9 cm³/mol. The highest BCUT2D eigenvalue weighted by atomic mass is 79.9. The summed E-state index contributed by atoms with van der Waals surface area (Å²) in [6.07, 6.45) is 2.45. The van der Waals surface area contributed by atoms with Gasteiger partial charge < -0.3 is 10.6 Å². The van der Waals surface area contributed by atoms with Crippen molar-refractivity contribution in [2.75, 3.05) is 18.0 Å². The molecule has 21 heavy (non-hydrogen) atoms. The topological polar surface area (TPSA) is 29.3 Å². The first kappa shape index (κ1) is 18.5. The molecule has 0 heterocycles. The van der Waals surface area contributed by atoms with Gasteiger partial charge in [-0.05, 0) is 49.3 Å². The zero-order valence-corrected chi connectivity index (χ0v) is 15.8. The van der Waals surface area contributed by atoms with E-state index in [4.69, 9.17) is 5.73 Å². The summed E-state index contributed by atoms with van der Waals surface area (Å²) in [5.74, 6) is 1.47. The number of nitrogens with zero attached hydrogens (tertiary/aromatic N) is 1. The van der Waals surface area contributed by atoms with Crippen molar-refractivity contribution in [3.05, 3.63) is 28.2 Å². The highest BCUT2D eigenvalue weighted by Crippen LogP contribution is 2.28. The summed E-state index contributed by atoms with van der Waals surface area (Å²) in [4.78, 5) is 2.51. The van der Waals surface area contributed by atoms with Crippen molar-refractivity contribution >= 4 is 21.6 Å². The second-order valence-electron chi connectivity index (χ2n) is 6.85. The summed E-state index contributed by atoms with van der Waals surface area (Å²) in [7, 11) is 0. The monoisotopic (exact) mass is 354 g/mol. The fourth-order valence-electron chi connectivity index (χ4n) is 2.28. The quantitative estimate of drug-likeness (QED) is 0.679. The summed E-state index contributed by atoms with van der Waals surface area (Å²) in [6, 6.07) is 6.65. The number of benzene rings is 1. The van der Waals surface area contributed by atoms with E-state index in [0.717, 1.165) is 29.4 Å². The average molecular weight is 355 g/mol. The van der Waals surface area contributed by atoms with Crippen molar-refractivity contribution in [1.82, 2.24) is 0 Å². The molecule has 0 aliphatic carbocycles. The van der Waals surface area contributed by atoms with Gasteiger partial charge in [0.25, 0.3) is 0 Å². The van der Waals surface area contributed by atoms with Crippen molar-refractivity contribution in [2.45, 2.75) is 53.5 Å². The highest BCUT2D eigenvalue weighted by molar-refractivity contribution is 9.10. The summed E-state index contributed by atoms with van der Waals surface area (Å²) in [6.45, 7) is 13.4. The first-order valence-corrected chi connectivity index (χ1v) is 8.90. The summed E-state index contributed by atoms with van der Waals surface area (Å²) < 4.78 is 1.12. The first-order chi connectivity index (χ1) is 9.81. The molecule has 0 saturated heterocycles. The molecule has 0 aromatic heterocycles. The van der Waals surface area contributed by atoms with Gasteiger partial charge >= 0.3 is 0 Å². The van der Waals surface area contributed by atoms with Crippen molar-refractivity contribution < 1.29 is 0 Å². The van der Waals surface area contributed by atoms with Crippen LogP contribution in [0.2, 0.25) is 0 Å². The van der Waals surface area contributed by atoms with Gasteiger partial charge in [0, 0.05) is 29.3 Å². The predicted octanol–water partition coefficient (Wildman–Crippen LogP) is 5.37. The fraction of sp³-hybridized carbons (Fsp3) is 0.667. The van der Waals surface area contributed by atoms with Crippen LogP contribution in [0.25, 0.3) is 0 Å². The maximum atomic E-state index is 5.99. The minimum atomic E-state index is 0.0632. The number of hydrogen-bond acceptors (Lipinski definition) is 2. The van der Waals surface area contributed by atoms with Gasteiger partial charge in [0.2, 0.25) is 0 Å². The van der Waals surface area contributed by atoms with Crippen LogP contribution < -0.4 is 10.6 Å². The number of rotatable bonds is 8. The molecule has 120 valence electrons. The van der Waals surface area contributed by atoms with Crippen LogP contribution in [0.1, 0.15) is 59.1 Å².